The van der Waals surface area contributed by atoms with E-state index in [-0.39, 0.29) is 17.7 Å². The van der Waals surface area contributed by atoms with Crippen molar-refractivity contribution in [3.05, 3.63) is 124 Å². The molecule has 1 fully saturated rings. The van der Waals surface area contributed by atoms with E-state index in [9.17, 15) is 14.4 Å². The lowest BCUT2D eigenvalue weighted by molar-refractivity contribution is 0.0724. The van der Waals surface area contributed by atoms with Gasteiger partial charge in [-0.25, -0.2) is 9.97 Å². The zero-order valence-corrected chi connectivity index (χ0v) is 28.8. The average Bonchev–Trinajstić information content (AvgIpc) is 3.87. The number of thiophene rings is 2. The maximum atomic E-state index is 13.2. The topological polar surface area (TPSA) is 129 Å². The number of nitrogens with one attached hydrogen (secondary N) is 3. The Balaban J connectivity index is 0.997. The highest BCUT2D eigenvalue weighted by Crippen LogP contribution is 2.32. The van der Waals surface area contributed by atoms with Crippen LogP contribution in [0.1, 0.15) is 55.2 Å². The summed E-state index contributed by atoms with van der Waals surface area (Å²) in [6.07, 6.45) is 7.92. The monoisotopic (exact) mass is 699 g/mol. The Hall–Kier alpha value is -5.72. The minimum absolute atomic E-state index is 0.0669. The Morgan fingerprint density at radius 3 is 2.40 bits per heavy atom. The van der Waals surface area contributed by atoms with Gasteiger partial charge in [-0.3, -0.25) is 19.4 Å². The first-order valence-electron chi connectivity index (χ1n) is 16.2. The zero-order valence-electron chi connectivity index (χ0n) is 27.2. The van der Waals surface area contributed by atoms with Crippen molar-refractivity contribution in [3.63, 3.8) is 0 Å². The van der Waals surface area contributed by atoms with E-state index in [1.165, 1.54) is 30.2 Å². The van der Waals surface area contributed by atoms with E-state index in [4.69, 9.17) is 4.98 Å². The lowest BCUT2D eigenvalue weighted by Gasteiger charge is -2.26. The second-order valence-electron chi connectivity index (χ2n) is 11.9. The predicted molar refractivity (Wildman–Crippen MR) is 199 cm³/mol. The molecule has 0 aliphatic carbocycles. The Morgan fingerprint density at radius 1 is 0.780 bits per heavy atom. The Morgan fingerprint density at radius 2 is 1.60 bits per heavy atom. The van der Waals surface area contributed by atoms with E-state index in [1.54, 1.807) is 29.7 Å². The molecule has 0 unspecified atom stereocenters. The van der Waals surface area contributed by atoms with Crippen molar-refractivity contribution in [2.45, 2.75) is 26.2 Å². The number of rotatable bonds is 9. The largest absolute Gasteiger partial charge is 0.339 e. The van der Waals surface area contributed by atoms with Gasteiger partial charge in [0.25, 0.3) is 17.7 Å². The molecule has 6 aromatic rings. The number of carbonyl (C=O) groups excluding carboxylic acids is 3. The molecule has 0 spiro atoms. The first-order valence-corrected chi connectivity index (χ1v) is 17.9. The first-order chi connectivity index (χ1) is 24.4. The van der Waals surface area contributed by atoms with Crippen molar-refractivity contribution < 1.29 is 14.4 Å². The molecular weight excluding hydrogens is 667 g/mol. The summed E-state index contributed by atoms with van der Waals surface area (Å²) in [6, 6.07) is 24.2. The van der Waals surface area contributed by atoms with Gasteiger partial charge in [0.15, 0.2) is 0 Å². The van der Waals surface area contributed by atoms with Crippen molar-refractivity contribution in [1.29, 1.82) is 0 Å². The van der Waals surface area contributed by atoms with Crippen LogP contribution < -0.4 is 16.0 Å². The molecule has 2 aromatic carbocycles. The maximum Gasteiger partial charge on any atom is 0.265 e. The summed E-state index contributed by atoms with van der Waals surface area (Å²) in [5, 5.41) is 11.0. The second-order valence-corrected chi connectivity index (χ2v) is 13.9. The molecule has 250 valence electrons. The zero-order chi connectivity index (χ0) is 34.5. The van der Waals surface area contributed by atoms with Gasteiger partial charge in [-0.05, 0) is 91.7 Å². The van der Waals surface area contributed by atoms with Crippen molar-refractivity contribution in [2.24, 2.45) is 0 Å². The summed E-state index contributed by atoms with van der Waals surface area (Å²) in [4.78, 5) is 57.0. The van der Waals surface area contributed by atoms with Crippen LogP contribution in [-0.2, 0) is 0 Å². The highest BCUT2D eigenvalue weighted by Gasteiger charge is 2.18. The fraction of sp³-hybridized carbons (Fsp3) is 0.158. The summed E-state index contributed by atoms with van der Waals surface area (Å²) >= 11 is 3.03. The third-order valence-electron chi connectivity index (χ3n) is 8.32. The molecule has 12 heteroatoms. The molecule has 0 radical (unpaired) electrons. The first kappa shape index (κ1) is 32.8. The third-order valence-corrected chi connectivity index (χ3v) is 10.5. The normalized spacial score (nSPS) is 12.7. The highest BCUT2D eigenvalue weighted by atomic mass is 32.1. The van der Waals surface area contributed by atoms with Crippen molar-refractivity contribution >= 4 is 63.4 Å². The molecule has 0 atom stereocenters. The molecule has 5 heterocycles. The van der Waals surface area contributed by atoms with E-state index >= 15 is 0 Å². The number of benzene rings is 2. The average molecular weight is 700 g/mol. The van der Waals surface area contributed by atoms with Crippen LogP contribution in [0.4, 0.5) is 23.0 Å². The standard InChI is InChI=1S/C38H33N7O3S2/c1-24-7-12-28(41-35(46)27-20-29(23-39-22-27)42-36(47)34-14-13-33(50-34)32-6-5-19-49-32)21-31(24)44-38-40-16-15-30(43-38)25-8-10-26(11-9-25)37(48)45-17-3-2-4-18-45/h5-16,19-23H,2-4,17-18H2,1H3,(H,41,46)(H,42,47)(H,40,43,44). The number of hydrogen-bond donors (Lipinski definition) is 3. The minimum atomic E-state index is -0.375. The van der Waals surface area contributed by atoms with E-state index in [2.05, 4.69) is 25.9 Å². The lowest BCUT2D eigenvalue weighted by atomic mass is 10.1. The molecule has 0 saturated carbocycles. The Bertz CT molecular complexity index is 2160. The summed E-state index contributed by atoms with van der Waals surface area (Å²) in [5.41, 5.74) is 5.17. The van der Waals surface area contributed by atoms with E-state index in [0.717, 1.165) is 52.5 Å². The number of anilines is 4. The van der Waals surface area contributed by atoms with Crippen LogP contribution in [0.5, 0.6) is 0 Å². The summed E-state index contributed by atoms with van der Waals surface area (Å²) in [7, 11) is 0. The quantitative estimate of drug-likeness (QED) is 0.138. The van der Waals surface area contributed by atoms with Gasteiger partial charge in [-0.1, -0.05) is 24.3 Å². The number of nitrogens with zero attached hydrogens (tertiary/aromatic N) is 4. The predicted octanol–water partition coefficient (Wildman–Crippen LogP) is 8.51. The molecule has 3 amide bonds. The Labute approximate surface area is 297 Å². The molecule has 7 rings (SSSR count). The van der Waals surface area contributed by atoms with Gasteiger partial charge in [0.05, 0.1) is 28.0 Å². The van der Waals surface area contributed by atoms with Gasteiger partial charge in [0.2, 0.25) is 5.95 Å². The number of carbonyl (C=O) groups is 3. The molecule has 1 saturated heterocycles. The molecule has 3 N–H and O–H groups in total. The van der Waals surface area contributed by atoms with Gasteiger partial charge >= 0.3 is 0 Å². The van der Waals surface area contributed by atoms with Gasteiger partial charge in [0.1, 0.15) is 0 Å². The van der Waals surface area contributed by atoms with Crippen LogP contribution in [0.15, 0.2) is 103 Å². The number of aryl methyl sites for hydroxylation is 1. The van der Waals surface area contributed by atoms with Crippen LogP contribution in [0.25, 0.3) is 21.0 Å². The number of piperidine rings is 1. The van der Waals surface area contributed by atoms with Crippen LogP contribution in [0.2, 0.25) is 0 Å². The van der Waals surface area contributed by atoms with E-state index in [0.29, 0.717) is 39.0 Å². The van der Waals surface area contributed by atoms with Crippen molar-refractivity contribution in [1.82, 2.24) is 19.9 Å². The van der Waals surface area contributed by atoms with Crippen molar-refractivity contribution in [3.8, 4) is 21.0 Å². The van der Waals surface area contributed by atoms with Crippen LogP contribution in [-0.4, -0.2) is 50.7 Å². The molecule has 1 aliphatic rings. The summed E-state index contributed by atoms with van der Waals surface area (Å²) in [6.45, 7) is 3.57. The second kappa shape index (κ2) is 14.8. The number of pyridine rings is 1. The number of amides is 3. The number of hydrogen-bond acceptors (Lipinski definition) is 9. The van der Waals surface area contributed by atoms with Gasteiger partial charge in [-0.15, -0.1) is 22.7 Å². The van der Waals surface area contributed by atoms with Crippen LogP contribution >= 0.6 is 22.7 Å². The maximum absolute atomic E-state index is 13.2. The fourth-order valence-corrected chi connectivity index (χ4v) is 7.37. The van der Waals surface area contributed by atoms with Crippen LogP contribution in [0, 0.1) is 6.92 Å². The smallest absolute Gasteiger partial charge is 0.265 e. The number of aromatic nitrogens is 3. The fourth-order valence-electron chi connectivity index (χ4n) is 5.64. The SMILES string of the molecule is Cc1ccc(NC(=O)c2cncc(NC(=O)c3ccc(-c4cccs4)s3)c2)cc1Nc1nccc(-c2ccc(C(=O)N3CCCCC3)cc2)n1. The van der Waals surface area contributed by atoms with Crippen LogP contribution in [0.3, 0.4) is 0 Å². The highest BCUT2D eigenvalue weighted by molar-refractivity contribution is 7.22. The van der Waals surface area contributed by atoms with Gasteiger partial charge in [-0.2, -0.15) is 0 Å². The summed E-state index contributed by atoms with van der Waals surface area (Å²) in [5.74, 6) is -0.182. The molecule has 10 nitrogen and oxygen atoms in total. The van der Waals surface area contributed by atoms with Gasteiger partial charge in [0, 0.05) is 57.7 Å². The summed E-state index contributed by atoms with van der Waals surface area (Å²) < 4.78 is 0. The van der Waals surface area contributed by atoms with Gasteiger partial charge < -0.3 is 20.9 Å². The van der Waals surface area contributed by atoms with Crippen molar-refractivity contribution in [2.75, 3.05) is 29.0 Å². The number of likely N-dealkylation sites (tertiary alicyclic amines) is 1. The molecular formula is C38H33N7O3S2. The molecule has 50 heavy (non-hydrogen) atoms. The van der Waals surface area contributed by atoms with E-state index in [1.807, 2.05) is 83.9 Å². The molecule has 0 bridgehead atoms. The van der Waals surface area contributed by atoms with E-state index < -0.39 is 0 Å². The Kier molecular flexibility index (Phi) is 9.72. The molecule has 4 aromatic heterocycles. The third kappa shape index (κ3) is 7.61. The lowest BCUT2D eigenvalue weighted by Crippen LogP contribution is -2.35. The minimum Gasteiger partial charge on any atom is -0.339 e. The molecule has 1 aliphatic heterocycles.